The summed E-state index contributed by atoms with van der Waals surface area (Å²) in [6.45, 7) is 4.09. The van der Waals surface area contributed by atoms with Crippen molar-refractivity contribution in [2.75, 3.05) is 0 Å². The van der Waals surface area contributed by atoms with Crippen LogP contribution in [-0.4, -0.2) is 19.5 Å². The zero-order valence-electron chi connectivity index (χ0n) is 21.0. The third kappa shape index (κ3) is 2.79. The number of aryl methyl sites for hydroxylation is 2. The number of fused-ring (bicyclic) bond motifs is 7. The van der Waals surface area contributed by atoms with Crippen LogP contribution < -0.4 is 5.56 Å². The van der Waals surface area contributed by atoms with Gasteiger partial charge >= 0.3 is 0 Å². The number of benzene rings is 3. The average molecular weight is 508 g/mol. The molecule has 3 aromatic carbocycles. The number of para-hydroxylation sites is 1. The molecular formula is C30H25N3O5. The van der Waals surface area contributed by atoms with E-state index in [1.54, 1.807) is 18.2 Å². The number of nitrogens with zero attached hydrogens (tertiary/aromatic N) is 3. The van der Waals surface area contributed by atoms with Gasteiger partial charge < -0.3 is 19.5 Å². The Labute approximate surface area is 217 Å². The first-order chi connectivity index (χ1) is 18.3. The second-order valence-corrected chi connectivity index (χ2v) is 10.5. The number of aromatic nitrogens is 2. The Hall–Kier alpha value is -4.48. The standard InChI is InChI=1S/C30H25N3O5/c1-17-6-5-9-21-25(17)37-32(26(21)34)15-14-30-13-12-29(2,38-30)23-24(30)28(36)33(27(23)35)22-11-10-18(16-31)19-7-3-4-8-20(19)22/h3-11,35-36H,12-15H2,1-2H3/t29-,30-/m1/s1. The normalized spacial score (nSPS) is 21.8. The van der Waals surface area contributed by atoms with Crippen LogP contribution in [0.1, 0.15) is 48.4 Å². The van der Waals surface area contributed by atoms with E-state index in [1.165, 1.54) is 9.31 Å². The maximum Gasteiger partial charge on any atom is 0.290 e. The van der Waals surface area contributed by atoms with Gasteiger partial charge in [-0.1, -0.05) is 36.4 Å². The Bertz CT molecular complexity index is 1910. The van der Waals surface area contributed by atoms with Gasteiger partial charge in [0.15, 0.2) is 5.58 Å². The fourth-order valence-corrected chi connectivity index (χ4v) is 6.57. The third-order valence-corrected chi connectivity index (χ3v) is 8.38. The molecule has 5 aromatic rings. The van der Waals surface area contributed by atoms with Crippen molar-refractivity contribution >= 4 is 21.7 Å². The molecule has 0 saturated carbocycles. The molecule has 0 radical (unpaired) electrons. The van der Waals surface area contributed by atoms with Crippen LogP contribution in [0, 0.1) is 18.3 Å². The summed E-state index contributed by atoms with van der Waals surface area (Å²) in [7, 11) is 0. The summed E-state index contributed by atoms with van der Waals surface area (Å²) in [5.74, 6) is -0.170. The first kappa shape index (κ1) is 22.7. The summed E-state index contributed by atoms with van der Waals surface area (Å²) < 4.78 is 15.3. The van der Waals surface area contributed by atoms with Gasteiger partial charge in [0.1, 0.15) is 5.60 Å². The molecule has 0 unspecified atom stereocenters. The lowest BCUT2D eigenvalue weighted by Crippen LogP contribution is -2.27. The van der Waals surface area contributed by atoms with Crippen molar-refractivity contribution in [3.05, 3.63) is 87.2 Å². The van der Waals surface area contributed by atoms with Crippen molar-refractivity contribution in [3.8, 4) is 23.5 Å². The smallest absolute Gasteiger partial charge is 0.290 e. The van der Waals surface area contributed by atoms with Crippen molar-refractivity contribution in [2.45, 2.75) is 50.9 Å². The first-order valence-electron chi connectivity index (χ1n) is 12.7. The topological polar surface area (TPSA) is 114 Å². The Morgan fingerprint density at radius 2 is 1.71 bits per heavy atom. The van der Waals surface area contributed by atoms with Crippen LogP contribution in [0.25, 0.3) is 27.4 Å². The maximum absolute atomic E-state index is 13.0. The van der Waals surface area contributed by atoms with Crippen LogP contribution >= 0.6 is 0 Å². The molecular weight excluding hydrogens is 482 g/mol. The molecule has 1 saturated heterocycles. The van der Waals surface area contributed by atoms with Gasteiger partial charge in [0.2, 0.25) is 11.8 Å². The van der Waals surface area contributed by atoms with Gasteiger partial charge in [-0.3, -0.25) is 9.36 Å². The first-order valence-corrected chi connectivity index (χ1v) is 12.7. The van der Waals surface area contributed by atoms with Gasteiger partial charge in [-0.05, 0) is 50.5 Å². The Morgan fingerprint density at radius 1 is 0.974 bits per heavy atom. The van der Waals surface area contributed by atoms with E-state index >= 15 is 0 Å². The van der Waals surface area contributed by atoms with Crippen LogP contribution in [0.4, 0.5) is 0 Å². The Morgan fingerprint density at radius 3 is 2.47 bits per heavy atom. The minimum atomic E-state index is -0.882. The number of nitriles is 1. The van der Waals surface area contributed by atoms with E-state index in [2.05, 4.69) is 6.07 Å². The van der Waals surface area contributed by atoms with E-state index in [-0.39, 0.29) is 23.9 Å². The zero-order chi connectivity index (χ0) is 26.4. The van der Waals surface area contributed by atoms with E-state index in [0.29, 0.717) is 52.6 Å². The lowest BCUT2D eigenvalue weighted by atomic mass is 9.78. The molecule has 2 aliphatic heterocycles. The summed E-state index contributed by atoms with van der Waals surface area (Å²) >= 11 is 0. The highest BCUT2D eigenvalue weighted by Crippen LogP contribution is 2.65. The zero-order valence-corrected chi connectivity index (χ0v) is 21.0. The SMILES string of the molecule is Cc1cccc2c(=O)n(CC[C@@]34CC[C@@](C)(O3)c3c4c(O)n(-c4ccc(C#N)c5ccccc45)c3O)oc12. The molecule has 0 spiro atoms. The van der Waals surface area contributed by atoms with Crippen molar-refractivity contribution in [1.29, 1.82) is 5.26 Å². The van der Waals surface area contributed by atoms with E-state index in [1.807, 2.05) is 50.2 Å². The molecule has 7 rings (SSSR count). The second kappa shape index (κ2) is 7.53. The molecule has 8 nitrogen and oxygen atoms in total. The van der Waals surface area contributed by atoms with Crippen molar-refractivity contribution in [2.24, 2.45) is 0 Å². The Kier molecular flexibility index (Phi) is 4.50. The molecule has 2 bridgehead atoms. The summed E-state index contributed by atoms with van der Waals surface area (Å²) in [5, 5.41) is 34.7. The largest absolute Gasteiger partial charge is 0.494 e. The van der Waals surface area contributed by atoms with Gasteiger partial charge in [0.05, 0.1) is 46.0 Å². The number of ether oxygens (including phenoxy) is 1. The van der Waals surface area contributed by atoms with Crippen LogP contribution in [0.2, 0.25) is 0 Å². The lowest BCUT2D eigenvalue weighted by molar-refractivity contribution is -0.0872. The highest BCUT2D eigenvalue weighted by Gasteiger charge is 2.61. The highest BCUT2D eigenvalue weighted by molar-refractivity contribution is 5.95. The summed E-state index contributed by atoms with van der Waals surface area (Å²) in [4.78, 5) is 13.0. The molecule has 8 heteroatoms. The number of aromatic hydroxyl groups is 2. The fourth-order valence-electron chi connectivity index (χ4n) is 6.57. The third-order valence-electron chi connectivity index (χ3n) is 8.38. The number of rotatable bonds is 4. The van der Waals surface area contributed by atoms with Gasteiger partial charge in [-0.25, -0.2) is 0 Å². The van der Waals surface area contributed by atoms with E-state index in [4.69, 9.17) is 9.26 Å². The molecule has 2 N–H and O–H groups in total. The van der Waals surface area contributed by atoms with Gasteiger partial charge in [-0.15, -0.1) is 0 Å². The van der Waals surface area contributed by atoms with E-state index in [9.17, 15) is 20.3 Å². The predicted octanol–water partition coefficient (Wildman–Crippen LogP) is 5.45. The molecule has 38 heavy (non-hydrogen) atoms. The van der Waals surface area contributed by atoms with Gasteiger partial charge in [0.25, 0.3) is 5.56 Å². The lowest BCUT2D eigenvalue weighted by Gasteiger charge is -2.26. The van der Waals surface area contributed by atoms with Crippen LogP contribution in [0.5, 0.6) is 11.8 Å². The molecule has 0 aliphatic carbocycles. The van der Waals surface area contributed by atoms with Gasteiger partial charge in [0, 0.05) is 17.2 Å². The van der Waals surface area contributed by atoms with E-state index < -0.39 is 11.2 Å². The molecule has 2 aliphatic rings. The maximum atomic E-state index is 13.0. The van der Waals surface area contributed by atoms with E-state index in [0.717, 1.165) is 16.3 Å². The van der Waals surface area contributed by atoms with Crippen molar-refractivity contribution < 1.29 is 19.5 Å². The van der Waals surface area contributed by atoms with Crippen molar-refractivity contribution in [3.63, 3.8) is 0 Å². The average Bonchev–Trinajstić information content (AvgIpc) is 3.60. The van der Waals surface area contributed by atoms with Crippen LogP contribution in [0.3, 0.4) is 0 Å². The highest BCUT2D eigenvalue weighted by atomic mass is 16.5. The number of hydrogen-bond acceptors (Lipinski definition) is 6. The monoisotopic (exact) mass is 507 g/mol. The summed E-state index contributed by atoms with van der Waals surface area (Å²) in [6, 6.07) is 18.6. The summed E-state index contributed by atoms with van der Waals surface area (Å²) in [5.41, 5.74) is 1.81. The molecule has 4 heterocycles. The Balaban J connectivity index is 1.36. The summed E-state index contributed by atoms with van der Waals surface area (Å²) in [6.07, 6.45) is 1.69. The quantitative estimate of drug-likeness (QED) is 0.334. The number of hydrogen-bond donors (Lipinski definition) is 2. The molecule has 2 atom stereocenters. The van der Waals surface area contributed by atoms with Gasteiger partial charge in [-0.2, -0.15) is 10.0 Å². The molecule has 2 aromatic heterocycles. The minimum absolute atomic E-state index is 0.0760. The van der Waals surface area contributed by atoms with Crippen LogP contribution in [-0.2, 0) is 22.5 Å². The van der Waals surface area contributed by atoms with Crippen molar-refractivity contribution in [1.82, 2.24) is 9.31 Å². The predicted molar refractivity (Wildman–Crippen MR) is 140 cm³/mol. The second-order valence-electron chi connectivity index (χ2n) is 10.5. The molecule has 190 valence electrons. The van der Waals surface area contributed by atoms with Crippen LogP contribution in [0.15, 0.2) is 63.9 Å². The minimum Gasteiger partial charge on any atom is -0.494 e. The fraction of sp³-hybridized carbons (Fsp3) is 0.267. The molecule has 0 amide bonds. The molecule has 1 fully saturated rings.